The summed E-state index contributed by atoms with van der Waals surface area (Å²) in [5.41, 5.74) is 0.314. The van der Waals surface area contributed by atoms with Gasteiger partial charge >= 0.3 is 0 Å². The van der Waals surface area contributed by atoms with E-state index in [1.807, 2.05) is 6.26 Å². The average molecular weight is 475 g/mol. The molecule has 1 fully saturated rings. The van der Waals surface area contributed by atoms with Crippen molar-refractivity contribution in [3.63, 3.8) is 0 Å². The van der Waals surface area contributed by atoms with E-state index in [1.54, 1.807) is 23.9 Å². The maximum Gasteiger partial charge on any atom is 0.253 e. The van der Waals surface area contributed by atoms with Crippen LogP contribution in [0.15, 0.2) is 18.2 Å². The van der Waals surface area contributed by atoms with E-state index in [4.69, 9.17) is 23.2 Å². The number of benzene rings is 1. The zero-order valence-corrected chi connectivity index (χ0v) is 20.1. The summed E-state index contributed by atoms with van der Waals surface area (Å²) in [6, 6.07) is 4.11. The van der Waals surface area contributed by atoms with Crippen LogP contribution in [-0.4, -0.2) is 85.5 Å². The summed E-state index contributed by atoms with van der Waals surface area (Å²) in [6.07, 6.45) is 3.43. The molecular formula is C21H32Cl2N4O2S. The Labute approximate surface area is 194 Å². The van der Waals surface area contributed by atoms with Gasteiger partial charge < -0.3 is 20.4 Å². The molecule has 1 unspecified atom stereocenters. The third-order valence-corrected chi connectivity index (χ3v) is 6.46. The van der Waals surface area contributed by atoms with E-state index in [-0.39, 0.29) is 16.8 Å². The molecule has 1 aliphatic heterocycles. The summed E-state index contributed by atoms with van der Waals surface area (Å²) in [5, 5.41) is 6.53. The molecule has 1 saturated heterocycles. The number of thioether (sulfide) groups is 1. The molecule has 6 nitrogen and oxygen atoms in total. The van der Waals surface area contributed by atoms with Crippen LogP contribution in [0.2, 0.25) is 10.0 Å². The predicted octanol–water partition coefficient (Wildman–Crippen LogP) is 2.99. The summed E-state index contributed by atoms with van der Waals surface area (Å²) in [5.74, 6) is 0.249. The summed E-state index contributed by atoms with van der Waals surface area (Å²) < 4.78 is 0. The number of nitrogens with one attached hydrogen (secondary N) is 2. The number of piperazine rings is 1. The van der Waals surface area contributed by atoms with Crippen LogP contribution in [0.25, 0.3) is 0 Å². The van der Waals surface area contributed by atoms with E-state index in [0.29, 0.717) is 23.6 Å². The number of hydrogen-bond donors (Lipinski definition) is 2. The van der Waals surface area contributed by atoms with E-state index >= 15 is 0 Å². The van der Waals surface area contributed by atoms with Crippen molar-refractivity contribution >= 4 is 46.8 Å². The van der Waals surface area contributed by atoms with Crippen LogP contribution >= 0.6 is 35.0 Å². The van der Waals surface area contributed by atoms with E-state index in [0.717, 1.165) is 51.4 Å². The third-order valence-electron chi connectivity index (χ3n) is 5.27. The second-order valence-electron chi connectivity index (χ2n) is 7.35. The first-order valence-electron chi connectivity index (χ1n) is 10.4. The zero-order chi connectivity index (χ0) is 21.9. The van der Waals surface area contributed by atoms with Gasteiger partial charge in [0.1, 0.15) is 6.04 Å². The molecule has 0 aliphatic carbocycles. The van der Waals surface area contributed by atoms with Gasteiger partial charge in [0.25, 0.3) is 5.91 Å². The number of carbonyl (C=O) groups excluding carboxylic acids is 2. The highest BCUT2D eigenvalue weighted by molar-refractivity contribution is 7.98. The third kappa shape index (κ3) is 8.27. The van der Waals surface area contributed by atoms with Crippen LogP contribution < -0.4 is 10.6 Å². The van der Waals surface area contributed by atoms with E-state index in [9.17, 15) is 9.59 Å². The molecular weight excluding hydrogens is 443 g/mol. The Balaban J connectivity index is 1.80. The normalized spacial score (nSPS) is 16.3. The highest BCUT2D eigenvalue weighted by atomic mass is 35.5. The number of rotatable bonds is 11. The topological polar surface area (TPSA) is 64.7 Å². The monoisotopic (exact) mass is 474 g/mol. The first kappa shape index (κ1) is 25.3. The molecule has 2 amide bonds. The highest BCUT2D eigenvalue weighted by Gasteiger charge is 2.22. The average Bonchev–Trinajstić information content (AvgIpc) is 2.74. The second kappa shape index (κ2) is 13.4. The molecule has 0 aromatic heterocycles. The van der Waals surface area contributed by atoms with Gasteiger partial charge in [0.2, 0.25) is 5.91 Å². The van der Waals surface area contributed by atoms with Gasteiger partial charge in [-0.3, -0.25) is 9.59 Å². The van der Waals surface area contributed by atoms with Crippen LogP contribution in [0.1, 0.15) is 30.1 Å². The van der Waals surface area contributed by atoms with Crippen molar-refractivity contribution in [2.75, 3.05) is 57.8 Å². The fourth-order valence-corrected chi connectivity index (χ4v) is 4.35. The van der Waals surface area contributed by atoms with Crippen molar-refractivity contribution < 1.29 is 9.59 Å². The smallest absolute Gasteiger partial charge is 0.253 e. The summed E-state index contributed by atoms with van der Waals surface area (Å²) in [6.45, 7) is 9.25. The fraction of sp³-hybridized carbons (Fsp3) is 0.619. The minimum Gasteiger partial charge on any atom is -0.354 e. The zero-order valence-electron chi connectivity index (χ0n) is 17.8. The number of carbonyl (C=O) groups is 2. The SMILES string of the molecule is CCN1CCN(CCCNC(=O)C(CCSC)NC(=O)c2ccc(Cl)cc2Cl)CC1. The highest BCUT2D eigenvalue weighted by Crippen LogP contribution is 2.21. The summed E-state index contributed by atoms with van der Waals surface area (Å²) >= 11 is 13.7. The Morgan fingerprint density at radius 2 is 1.87 bits per heavy atom. The van der Waals surface area contributed by atoms with Crippen molar-refractivity contribution in [1.82, 2.24) is 20.4 Å². The first-order valence-corrected chi connectivity index (χ1v) is 12.6. The van der Waals surface area contributed by atoms with Gasteiger partial charge in [0.05, 0.1) is 10.6 Å². The van der Waals surface area contributed by atoms with Crippen LogP contribution in [0.5, 0.6) is 0 Å². The lowest BCUT2D eigenvalue weighted by Gasteiger charge is -2.34. The van der Waals surface area contributed by atoms with Gasteiger partial charge in [0.15, 0.2) is 0 Å². The fourth-order valence-electron chi connectivity index (χ4n) is 3.38. The Morgan fingerprint density at radius 3 is 2.50 bits per heavy atom. The molecule has 1 heterocycles. The molecule has 0 saturated carbocycles. The molecule has 0 spiro atoms. The number of hydrogen-bond acceptors (Lipinski definition) is 5. The molecule has 1 aliphatic rings. The number of nitrogens with zero attached hydrogens (tertiary/aromatic N) is 2. The molecule has 0 bridgehead atoms. The Morgan fingerprint density at radius 1 is 1.17 bits per heavy atom. The van der Waals surface area contributed by atoms with Gasteiger partial charge in [-0.1, -0.05) is 30.1 Å². The molecule has 1 aromatic carbocycles. The maximum absolute atomic E-state index is 12.7. The number of halogens is 2. The van der Waals surface area contributed by atoms with Gasteiger partial charge in [0, 0.05) is 37.7 Å². The first-order chi connectivity index (χ1) is 14.4. The largest absolute Gasteiger partial charge is 0.354 e. The van der Waals surface area contributed by atoms with Gasteiger partial charge in [-0.25, -0.2) is 0 Å². The van der Waals surface area contributed by atoms with Crippen molar-refractivity contribution in [2.24, 2.45) is 0 Å². The summed E-state index contributed by atoms with van der Waals surface area (Å²) in [7, 11) is 0. The molecule has 30 heavy (non-hydrogen) atoms. The van der Waals surface area contributed by atoms with E-state index in [1.165, 1.54) is 6.07 Å². The standard InChI is InChI=1S/C21H32Cl2N4O2S/c1-3-26-10-12-27(13-11-26)9-4-8-24-21(29)19(7-14-30-2)25-20(28)17-6-5-16(22)15-18(17)23/h5-6,15,19H,3-4,7-14H2,1-2H3,(H,24,29)(H,25,28). The Hall–Kier alpha value is -0.990. The van der Waals surface area contributed by atoms with Crippen LogP contribution in [0.4, 0.5) is 0 Å². The van der Waals surface area contributed by atoms with Crippen LogP contribution in [0.3, 0.4) is 0 Å². The molecule has 9 heteroatoms. The minimum atomic E-state index is -0.593. The minimum absolute atomic E-state index is 0.154. The van der Waals surface area contributed by atoms with Crippen molar-refractivity contribution in [1.29, 1.82) is 0 Å². The molecule has 0 radical (unpaired) electrons. The lowest BCUT2D eigenvalue weighted by molar-refractivity contribution is -0.123. The second-order valence-corrected chi connectivity index (χ2v) is 9.18. The van der Waals surface area contributed by atoms with Crippen LogP contribution in [0, 0.1) is 0 Å². The lowest BCUT2D eigenvalue weighted by atomic mass is 10.1. The molecule has 1 atom stereocenters. The molecule has 2 N–H and O–H groups in total. The quantitative estimate of drug-likeness (QED) is 0.482. The molecule has 168 valence electrons. The molecule has 1 aromatic rings. The van der Waals surface area contributed by atoms with Gasteiger partial charge in [-0.2, -0.15) is 11.8 Å². The Kier molecular flexibility index (Phi) is 11.3. The number of amides is 2. The van der Waals surface area contributed by atoms with E-state index in [2.05, 4.69) is 27.4 Å². The molecule has 2 rings (SSSR count). The summed E-state index contributed by atoms with van der Waals surface area (Å²) in [4.78, 5) is 30.2. The van der Waals surface area contributed by atoms with Crippen molar-refractivity contribution in [3.05, 3.63) is 33.8 Å². The van der Waals surface area contributed by atoms with Crippen molar-refractivity contribution in [3.8, 4) is 0 Å². The lowest BCUT2D eigenvalue weighted by Crippen LogP contribution is -2.48. The predicted molar refractivity (Wildman–Crippen MR) is 127 cm³/mol. The Bertz CT molecular complexity index is 700. The van der Waals surface area contributed by atoms with E-state index < -0.39 is 6.04 Å². The van der Waals surface area contributed by atoms with Crippen LogP contribution in [-0.2, 0) is 4.79 Å². The van der Waals surface area contributed by atoms with Gasteiger partial charge in [-0.15, -0.1) is 0 Å². The van der Waals surface area contributed by atoms with Gasteiger partial charge in [-0.05, 0) is 56.1 Å². The van der Waals surface area contributed by atoms with Crippen molar-refractivity contribution in [2.45, 2.75) is 25.8 Å². The number of likely N-dealkylation sites (N-methyl/N-ethyl adjacent to an activating group) is 1. The maximum atomic E-state index is 12.7.